The SMILES string of the molecule is NC(=O)CC[C@H](NC(=O)CC1CCNCC1)C(=O)O. The van der Waals surface area contributed by atoms with Crippen LogP contribution in [0.15, 0.2) is 0 Å². The van der Waals surface area contributed by atoms with Crippen LogP contribution in [0.5, 0.6) is 0 Å². The van der Waals surface area contributed by atoms with Gasteiger partial charge in [0.2, 0.25) is 11.8 Å². The van der Waals surface area contributed by atoms with Crippen molar-refractivity contribution < 1.29 is 19.5 Å². The first kappa shape index (κ1) is 15.4. The first-order chi connectivity index (χ1) is 8.99. The van der Waals surface area contributed by atoms with Gasteiger partial charge in [-0.3, -0.25) is 9.59 Å². The molecule has 1 heterocycles. The van der Waals surface area contributed by atoms with Crippen LogP contribution in [0, 0.1) is 5.92 Å². The average molecular weight is 271 g/mol. The molecule has 0 radical (unpaired) electrons. The number of rotatable bonds is 7. The second-order valence-corrected chi connectivity index (χ2v) is 4.86. The molecule has 0 aromatic carbocycles. The Kier molecular flexibility index (Phi) is 6.27. The van der Waals surface area contributed by atoms with E-state index in [4.69, 9.17) is 10.8 Å². The summed E-state index contributed by atoms with van der Waals surface area (Å²) in [5.41, 5.74) is 4.97. The van der Waals surface area contributed by atoms with Gasteiger partial charge in [0.15, 0.2) is 0 Å². The van der Waals surface area contributed by atoms with Gasteiger partial charge in [0.05, 0.1) is 0 Å². The van der Waals surface area contributed by atoms with Crippen LogP contribution < -0.4 is 16.4 Å². The standard InChI is InChI=1S/C12H21N3O4/c13-10(16)2-1-9(12(18)19)15-11(17)7-8-3-5-14-6-4-8/h8-9,14H,1-7H2,(H2,13,16)(H,15,17)(H,18,19)/t9-/m0/s1. The maximum Gasteiger partial charge on any atom is 0.326 e. The number of carbonyl (C=O) groups is 3. The third-order valence-electron chi connectivity index (χ3n) is 3.25. The Balaban J connectivity index is 2.37. The number of hydrogen-bond acceptors (Lipinski definition) is 4. The summed E-state index contributed by atoms with van der Waals surface area (Å²) >= 11 is 0. The van der Waals surface area contributed by atoms with Crippen molar-refractivity contribution in [3.8, 4) is 0 Å². The molecular formula is C12H21N3O4. The molecule has 0 unspecified atom stereocenters. The molecule has 7 heteroatoms. The Morgan fingerprint density at radius 1 is 1.32 bits per heavy atom. The minimum Gasteiger partial charge on any atom is -0.480 e. The molecule has 1 aliphatic rings. The fraction of sp³-hybridized carbons (Fsp3) is 0.750. The number of carboxylic acid groups (broad SMARTS) is 1. The summed E-state index contributed by atoms with van der Waals surface area (Å²) in [6, 6.07) is -1.04. The van der Waals surface area contributed by atoms with Crippen LogP contribution in [-0.2, 0) is 14.4 Å². The number of carboxylic acids is 1. The van der Waals surface area contributed by atoms with Crippen LogP contribution >= 0.6 is 0 Å². The van der Waals surface area contributed by atoms with Crippen LogP contribution in [0.4, 0.5) is 0 Å². The third kappa shape index (κ3) is 6.19. The van der Waals surface area contributed by atoms with Crippen molar-refractivity contribution in [2.24, 2.45) is 11.7 Å². The fourth-order valence-electron chi connectivity index (χ4n) is 2.15. The van der Waals surface area contributed by atoms with Crippen molar-refractivity contribution in [3.05, 3.63) is 0 Å². The highest BCUT2D eigenvalue weighted by molar-refractivity contribution is 5.84. The lowest BCUT2D eigenvalue weighted by Gasteiger charge is -2.23. The molecule has 19 heavy (non-hydrogen) atoms. The quantitative estimate of drug-likeness (QED) is 0.483. The van der Waals surface area contributed by atoms with E-state index in [-0.39, 0.29) is 18.7 Å². The molecular weight excluding hydrogens is 250 g/mol. The van der Waals surface area contributed by atoms with Crippen molar-refractivity contribution in [2.75, 3.05) is 13.1 Å². The number of amides is 2. The molecule has 0 bridgehead atoms. The third-order valence-corrected chi connectivity index (χ3v) is 3.25. The summed E-state index contributed by atoms with van der Waals surface area (Å²) in [6.07, 6.45) is 2.16. The summed E-state index contributed by atoms with van der Waals surface area (Å²) in [4.78, 5) is 33.4. The molecule has 1 fully saturated rings. The minimum atomic E-state index is -1.14. The topological polar surface area (TPSA) is 122 Å². The summed E-state index contributed by atoms with van der Waals surface area (Å²) < 4.78 is 0. The van der Waals surface area contributed by atoms with Gasteiger partial charge in [-0.05, 0) is 38.3 Å². The van der Waals surface area contributed by atoms with E-state index in [1.807, 2.05) is 0 Å². The van der Waals surface area contributed by atoms with Crippen molar-refractivity contribution >= 4 is 17.8 Å². The zero-order valence-corrected chi connectivity index (χ0v) is 10.9. The van der Waals surface area contributed by atoms with Crippen molar-refractivity contribution in [1.29, 1.82) is 0 Å². The van der Waals surface area contributed by atoms with Crippen LogP contribution in [0.3, 0.4) is 0 Å². The summed E-state index contributed by atoms with van der Waals surface area (Å²) in [7, 11) is 0. The van der Waals surface area contributed by atoms with Crippen molar-refractivity contribution in [1.82, 2.24) is 10.6 Å². The van der Waals surface area contributed by atoms with E-state index in [1.165, 1.54) is 0 Å². The minimum absolute atomic E-state index is 0.0304. The summed E-state index contributed by atoms with van der Waals surface area (Å²) in [5, 5.41) is 14.6. The lowest BCUT2D eigenvalue weighted by Crippen LogP contribution is -2.42. The first-order valence-corrected chi connectivity index (χ1v) is 6.50. The summed E-state index contributed by atoms with van der Waals surface area (Å²) in [6.45, 7) is 1.78. The molecule has 7 nitrogen and oxygen atoms in total. The number of aliphatic carboxylic acids is 1. The van der Waals surface area contributed by atoms with Crippen LogP contribution in [-0.4, -0.2) is 42.0 Å². The number of piperidine rings is 1. The van der Waals surface area contributed by atoms with E-state index in [0.717, 1.165) is 25.9 Å². The Hall–Kier alpha value is -1.63. The highest BCUT2D eigenvalue weighted by Crippen LogP contribution is 2.15. The average Bonchev–Trinajstić information content (AvgIpc) is 2.35. The normalized spacial score (nSPS) is 17.7. The van der Waals surface area contributed by atoms with Gasteiger partial charge >= 0.3 is 5.97 Å². The van der Waals surface area contributed by atoms with E-state index in [9.17, 15) is 14.4 Å². The second kappa shape index (κ2) is 7.73. The Labute approximate surface area is 111 Å². The van der Waals surface area contributed by atoms with Gasteiger partial charge < -0.3 is 21.5 Å². The number of carbonyl (C=O) groups excluding carboxylic acids is 2. The smallest absolute Gasteiger partial charge is 0.326 e. The second-order valence-electron chi connectivity index (χ2n) is 4.86. The van der Waals surface area contributed by atoms with Gasteiger partial charge in [-0.15, -0.1) is 0 Å². The number of hydrogen-bond donors (Lipinski definition) is 4. The largest absolute Gasteiger partial charge is 0.480 e. The summed E-state index contributed by atoms with van der Waals surface area (Å²) in [5.74, 6) is -1.69. The van der Waals surface area contributed by atoms with Gasteiger partial charge in [0.1, 0.15) is 6.04 Å². The van der Waals surface area contributed by atoms with Gasteiger partial charge in [0, 0.05) is 12.8 Å². The van der Waals surface area contributed by atoms with Gasteiger partial charge in [0.25, 0.3) is 0 Å². The van der Waals surface area contributed by atoms with Crippen LogP contribution in [0.1, 0.15) is 32.1 Å². The molecule has 108 valence electrons. The molecule has 1 atom stereocenters. The first-order valence-electron chi connectivity index (χ1n) is 6.50. The maximum absolute atomic E-state index is 11.8. The number of primary amides is 1. The monoisotopic (exact) mass is 271 g/mol. The zero-order valence-electron chi connectivity index (χ0n) is 10.9. The highest BCUT2D eigenvalue weighted by Gasteiger charge is 2.23. The van der Waals surface area contributed by atoms with Gasteiger partial charge in [-0.1, -0.05) is 0 Å². The van der Waals surface area contributed by atoms with E-state index < -0.39 is 17.9 Å². The Morgan fingerprint density at radius 2 is 1.95 bits per heavy atom. The molecule has 1 aliphatic heterocycles. The molecule has 0 aromatic heterocycles. The van der Waals surface area contributed by atoms with Gasteiger partial charge in [-0.25, -0.2) is 4.79 Å². The fourth-order valence-corrected chi connectivity index (χ4v) is 2.15. The van der Waals surface area contributed by atoms with Crippen LogP contribution in [0.25, 0.3) is 0 Å². The molecule has 0 spiro atoms. The predicted octanol–water partition coefficient (Wildman–Crippen LogP) is -0.789. The lowest BCUT2D eigenvalue weighted by atomic mass is 9.94. The molecule has 0 aromatic rings. The van der Waals surface area contributed by atoms with Crippen molar-refractivity contribution in [2.45, 2.75) is 38.1 Å². The predicted molar refractivity (Wildman–Crippen MR) is 68.2 cm³/mol. The molecule has 2 amide bonds. The van der Waals surface area contributed by atoms with E-state index >= 15 is 0 Å². The number of nitrogens with one attached hydrogen (secondary N) is 2. The van der Waals surface area contributed by atoms with E-state index in [2.05, 4.69) is 10.6 Å². The molecule has 0 aliphatic carbocycles. The van der Waals surface area contributed by atoms with E-state index in [1.54, 1.807) is 0 Å². The number of nitrogens with two attached hydrogens (primary N) is 1. The maximum atomic E-state index is 11.8. The Bertz CT molecular complexity index is 340. The molecule has 1 saturated heterocycles. The molecule has 0 saturated carbocycles. The lowest BCUT2D eigenvalue weighted by molar-refractivity contribution is -0.142. The highest BCUT2D eigenvalue weighted by atomic mass is 16.4. The molecule has 5 N–H and O–H groups in total. The van der Waals surface area contributed by atoms with Crippen LogP contribution in [0.2, 0.25) is 0 Å². The van der Waals surface area contributed by atoms with Crippen molar-refractivity contribution in [3.63, 3.8) is 0 Å². The molecule has 1 rings (SSSR count). The Morgan fingerprint density at radius 3 is 2.47 bits per heavy atom. The zero-order chi connectivity index (χ0) is 14.3. The van der Waals surface area contributed by atoms with E-state index in [0.29, 0.717) is 12.3 Å². The van der Waals surface area contributed by atoms with Gasteiger partial charge in [-0.2, -0.15) is 0 Å².